The van der Waals surface area contributed by atoms with Crippen LogP contribution in [-0.4, -0.2) is 52.0 Å². The summed E-state index contributed by atoms with van der Waals surface area (Å²) in [6.07, 6.45) is 0. The maximum absolute atomic E-state index is 12.6. The Balaban J connectivity index is 1.84. The van der Waals surface area contributed by atoms with Gasteiger partial charge in [0.2, 0.25) is 15.8 Å². The average molecular weight is 517 g/mol. The standard InChI is InChI=1S/C23H24N4O6S2/c1-14-5-7-16(8-6-14)35(29,30)25-9-10-34-23-26-20(17(13-24)22(28)27-23)15-11-18(31-2)21(33-4)19(12-15)32-3/h5-8,11-12,25H,9-10H2,1-4H3,(H,26,27,28). The molecule has 0 radical (unpaired) electrons. The van der Waals surface area contributed by atoms with Gasteiger partial charge in [-0.15, -0.1) is 0 Å². The molecule has 0 saturated heterocycles. The molecule has 10 nitrogen and oxygen atoms in total. The summed E-state index contributed by atoms with van der Waals surface area (Å²) < 4.78 is 43.4. The van der Waals surface area contributed by atoms with E-state index in [2.05, 4.69) is 14.7 Å². The van der Waals surface area contributed by atoms with Gasteiger partial charge in [-0.2, -0.15) is 5.26 Å². The summed E-state index contributed by atoms with van der Waals surface area (Å²) >= 11 is 1.14. The number of H-pyrrole nitrogens is 1. The van der Waals surface area contributed by atoms with E-state index >= 15 is 0 Å². The maximum atomic E-state index is 12.6. The van der Waals surface area contributed by atoms with Crippen LogP contribution < -0.4 is 24.5 Å². The van der Waals surface area contributed by atoms with Crippen molar-refractivity contribution < 1.29 is 22.6 Å². The van der Waals surface area contributed by atoms with E-state index in [4.69, 9.17) is 14.2 Å². The van der Waals surface area contributed by atoms with E-state index in [1.807, 2.05) is 13.0 Å². The molecule has 3 rings (SSSR count). The van der Waals surface area contributed by atoms with Gasteiger partial charge in [0.05, 0.1) is 31.9 Å². The van der Waals surface area contributed by atoms with Crippen LogP contribution in [0.15, 0.2) is 51.2 Å². The fraction of sp³-hybridized carbons (Fsp3) is 0.261. The van der Waals surface area contributed by atoms with Crippen LogP contribution in [0.1, 0.15) is 11.1 Å². The Morgan fingerprint density at radius 3 is 2.26 bits per heavy atom. The van der Waals surface area contributed by atoms with Crippen LogP contribution in [-0.2, 0) is 10.0 Å². The molecule has 35 heavy (non-hydrogen) atoms. The van der Waals surface area contributed by atoms with Crippen LogP contribution >= 0.6 is 11.8 Å². The lowest BCUT2D eigenvalue weighted by Crippen LogP contribution is -2.26. The number of aromatic amines is 1. The number of nitrogens with zero attached hydrogens (tertiary/aromatic N) is 2. The molecule has 0 amide bonds. The first-order valence-electron chi connectivity index (χ1n) is 10.3. The second-order valence-corrected chi connectivity index (χ2v) is 10.0. The predicted molar refractivity (Wildman–Crippen MR) is 132 cm³/mol. The van der Waals surface area contributed by atoms with Crippen LogP contribution in [0, 0.1) is 18.3 Å². The summed E-state index contributed by atoms with van der Waals surface area (Å²) in [7, 11) is 0.714. The number of thioether (sulfide) groups is 1. The van der Waals surface area contributed by atoms with Gasteiger partial charge in [-0.3, -0.25) is 4.79 Å². The third-order valence-electron chi connectivity index (χ3n) is 4.91. The fourth-order valence-corrected chi connectivity index (χ4v) is 5.06. The van der Waals surface area contributed by atoms with Gasteiger partial charge in [0.25, 0.3) is 5.56 Å². The lowest BCUT2D eigenvalue weighted by atomic mass is 10.1. The lowest BCUT2D eigenvalue weighted by Gasteiger charge is -2.14. The fourth-order valence-electron chi connectivity index (χ4n) is 3.18. The SMILES string of the molecule is COc1cc(-c2nc(SCCNS(=O)(=O)c3ccc(C)cc3)[nH]c(=O)c2C#N)cc(OC)c1OC. The highest BCUT2D eigenvalue weighted by molar-refractivity contribution is 7.99. The van der Waals surface area contributed by atoms with Gasteiger partial charge in [-0.1, -0.05) is 29.5 Å². The summed E-state index contributed by atoms with van der Waals surface area (Å²) in [5.41, 5.74) is 0.721. The Kier molecular flexibility index (Phi) is 8.39. The molecule has 3 aromatic rings. The Bertz CT molecular complexity index is 1390. The second kappa shape index (κ2) is 11.3. The highest BCUT2D eigenvalue weighted by atomic mass is 32.2. The first-order chi connectivity index (χ1) is 16.7. The molecule has 0 aliphatic rings. The third kappa shape index (κ3) is 5.94. The third-order valence-corrected chi connectivity index (χ3v) is 7.26. The zero-order valence-electron chi connectivity index (χ0n) is 19.5. The van der Waals surface area contributed by atoms with Gasteiger partial charge in [-0.05, 0) is 31.2 Å². The maximum Gasteiger partial charge on any atom is 0.270 e. The van der Waals surface area contributed by atoms with Crippen LogP contribution in [0.2, 0.25) is 0 Å². The zero-order chi connectivity index (χ0) is 25.6. The van der Waals surface area contributed by atoms with E-state index in [1.165, 1.54) is 33.5 Å². The highest BCUT2D eigenvalue weighted by Gasteiger charge is 2.20. The monoisotopic (exact) mass is 516 g/mol. The summed E-state index contributed by atoms with van der Waals surface area (Å²) in [6, 6.07) is 11.6. The topological polar surface area (TPSA) is 143 Å². The van der Waals surface area contributed by atoms with Gasteiger partial charge in [-0.25, -0.2) is 18.1 Å². The summed E-state index contributed by atoms with van der Waals surface area (Å²) in [6.45, 7) is 1.97. The van der Waals surface area contributed by atoms with Crippen molar-refractivity contribution in [1.29, 1.82) is 5.26 Å². The molecule has 2 aromatic carbocycles. The molecule has 0 spiro atoms. The number of ether oxygens (including phenoxy) is 3. The van der Waals surface area contributed by atoms with Crippen LogP contribution in [0.25, 0.3) is 11.3 Å². The van der Waals surface area contributed by atoms with E-state index in [0.29, 0.717) is 22.8 Å². The van der Waals surface area contributed by atoms with Crippen molar-refractivity contribution in [3.05, 3.63) is 57.9 Å². The number of hydrogen-bond acceptors (Lipinski definition) is 9. The van der Waals surface area contributed by atoms with Gasteiger partial charge in [0.1, 0.15) is 11.6 Å². The molecule has 1 heterocycles. The first kappa shape index (κ1) is 26.1. The number of nitrogens with one attached hydrogen (secondary N) is 2. The molecular weight excluding hydrogens is 492 g/mol. The van der Waals surface area contributed by atoms with Crippen molar-refractivity contribution in [3.8, 4) is 34.6 Å². The van der Waals surface area contributed by atoms with Crippen molar-refractivity contribution >= 4 is 21.8 Å². The second-order valence-electron chi connectivity index (χ2n) is 7.18. The largest absolute Gasteiger partial charge is 0.493 e. The molecule has 0 atom stereocenters. The zero-order valence-corrected chi connectivity index (χ0v) is 21.2. The van der Waals surface area contributed by atoms with Crippen molar-refractivity contribution in [3.63, 3.8) is 0 Å². The quantitative estimate of drug-likeness (QED) is 0.236. The first-order valence-corrected chi connectivity index (χ1v) is 12.7. The minimum absolute atomic E-state index is 0.101. The highest BCUT2D eigenvalue weighted by Crippen LogP contribution is 2.41. The molecule has 184 valence electrons. The van der Waals surface area contributed by atoms with E-state index < -0.39 is 15.6 Å². The number of hydrogen-bond donors (Lipinski definition) is 2. The number of aromatic nitrogens is 2. The van der Waals surface area contributed by atoms with E-state index in [9.17, 15) is 18.5 Å². The number of rotatable bonds is 10. The van der Waals surface area contributed by atoms with Crippen LogP contribution in [0.4, 0.5) is 0 Å². The molecule has 0 aliphatic heterocycles. The average Bonchev–Trinajstić information content (AvgIpc) is 2.85. The summed E-state index contributed by atoms with van der Waals surface area (Å²) in [5, 5.41) is 9.78. The Labute approximate surface area is 207 Å². The van der Waals surface area contributed by atoms with Crippen molar-refractivity contribution in [2.75, 3.05) is 33.6 Å². The van der Waals surface area contributed by atoms with Crippen molar-refractivity contribution in [1.82, 2.24) is 14.7 Å². The van der Waals surface area contributed by atoms with E-state index in [-0.39, 0.29) is 33.6 Å². The molecule has 1 aromatic heterocycles. The lowest BCUT2D eigenvalue weighted by molar-refractivity contribution is 0.324. The van der Waals surface area contributed by atoms with E-state index in [1.54, 1.807) is 24.3 Å². The van der Waals surface area contributed by atoms with Crippen molar-refractivity contribution in [2.24, 2.45) is 0 Å². The van der Waals surface area contributed by atoms with Gasteiger partial charge in [0, 0.05) is 17.9 Å². The summed E-state index contributed by atoms with van der Waals surface area (Å²) in [5.74, 6) is 1.33. The number of aryl methyl sites for hydroxylation is 1. The number of methoxy groups -OCH3 is 3. The molecule has 0 fully saturated rings. The molecular formula is C23H24N4O6S2. The predicted octanol–water partition coefficient (Wildman–Crippen LogP) is 2.71. The van der Waals surface area contributed by atoms with E-state index in [0.717, 1.165) is 17.3 Å². The Morgan fingerprint density at radius 2 is 1.71 bits per heavy atom. The molecule has 0 bridgehead atoms. The van der Waals surface area contributed by atoms with Crippen molar-refractivity contribution in [2.45, 2.75) is 17.0 Å². The number of sulfonamides is 1. The normalized spacial score (nSPS) is 11.1. The Hall–Kier alpha value is -3.53. The minimum Gasteiger partial charge on any atom is -0.493 e. The number of benzene rings is 2. The van der Waals surface area contributed by atoms with Gasteiger partial charge in [0.15, 0.2) is 16.7 Å². The molecule has 0 saturated carbocycles. The van der Waals surface area contributed by atoms with Gasteiger partial charge < -0.3 is 19.2 Å². The minimum atomic E-state index is -3.66. The molecule has 0 aliphatic carbocycles. The number of nitriles is 1. The van der Waals surface area contributed by atoms with Crippen LogP contribution in [0.5, 0.6) is 17.2 Å². The smallest absolute Gasteiger partial charge is 0.270 e. The molecule has 2 N–H and O–H groups in total. The van der Waals surface area contributed by atoms with Gasteiger partial charge >= 0.3 is 0 Å². The molecule has 0 unspecified atom stereocenters. The molecule has 12 heteroatoms. The summed E-state index contributed by atoms with van der Waals surface area (Å²) in [4.78, 5) is 19.7. The van der Waals surface area contributed by atoms with Crippen LogP contribution in [0.3, 0.4) is 0 Å². The Morgan fingerprint density at radius 1 is 1.09 bits per heavy atom.